The fraction of sp³-hybridized carbons (Fsp3) is 0.573. The van der Waals surface area contributed by atoms with Crippen molar-refractivity contribution in [2.24, 2.45) is 21.9 Å². The Morgan fingerprint density at radius 1 is 0.415 bits per heavy atom. The summed E-state index contributed by atoms with van der Waals surface area (Å²) in [4.78, 5) is 181. The molecule has 12 fully saturated rings. The Balaban J connectivity index is 0.000000153. The van der Waals surface area contributed by atoms with Crippen molar-refractivity contribution in [3.63, 3.8) is 0 Å². The average molecular weight is 1810 g/mol. The fourth-order valence-corrected chi connectivity index (χ4v) is 18.8. The van der Waals surface area contributed by atoms with E-state index in [-0.39, 0.29) is 86.9 Å². The predicted octanol–water partition coefficient (Wildman–Crippen LogP) is 6.70. The van der Waals surface area contributed by atoms with Gasteiger partial charge in [0.1, 0.15) is 50.6 Å². The molecule has 0 radical (unpaired) electrons. The standard InChI is InChI=1S/C22H29N3O6.C21H25N5O6.C21H25N3O6.C21H26N2O7.C4H6O3/c1-15(26)23-18-13-22(30-11-12-31-22)9-7-19(18)25-10-8-17(20(25)27)24-21(28)29-14-16-5-3-2-4-6-16;22-25-24-18(27)15-12-21(31-10-11-32-21)8-6-17(15)26-9-7-16(19(26)28)23-20(29)30-13-14-4-2-1-3-5-14;25-14-22-17-12-21(29-10-11-30-21)8-6-18(17)24-9-7-16(19(24)26)23-20(27)28-13-15-4-2-1-3-5-15;24-18-16(22-20(27)28-13-14-4-2-1-3-5-14)7-9-23(18)17-6-8-21(29-10-11-30-21)12-15(17)19(25)26;1-3(5)7-4(2)6/h2-6,17-19H,7-14H2,1H3,(H,23,26)(H,24,28);1-5,15-17H,6-13H2,(H,23,29);1-5,16-18H,6-13H2,(H,23,27);1-5,15-17H,6-13H2,(H,22,27)(H,25,26);1-2H3/t17-,18+,19-;15-,16+,17+;16-,17+,18-;15-,16+,17+;/m0101./s1. The first-order valence-electron chi connectivity index (χ1n) is 43.7. The van der Waals surface area contributed by atoms with Crippen LogP contribution in [0, 0.1) is 11.8 Å². The van der Waals surface area contributed by atoms with Crippen molar-refractivity contribution in [1.82, 2.24) is 46.2 Å². The minimum atomic E-state index is -0.968. The molecule has 41 heteroatoms. The molecule has 10 amide bonds. The van der Waals surface area contributed by atoms with Crippen molar-refractivity contribution in [2.75, 3.05) is 79.0 Å². The van der Waals surface area contributed by atoms with Crippen molar-refractivity contribution >= 4 is 83.8 Å². The first-order valence-corrected chi connectivity index (χ1v) is 43.7. The number of carboxylic acid groups (broad SMARTS) is 1. The van der Waals surface area contributed by atoms with E-state index in [1.807, 2.05) is 121 Å². The maximum Gasteiger partial charge on any atom is 0.408 e. The van der Waals surface area contributed by atoms with Gasteiger partial charge in [0.15, 0.2) is 23.1 Å². The summed E-state index contributed by atoms with van der Waals surface area (Å²) < 4.78 is 70.8. The molecule has 0 unspecified atom stereocenters. The van der Waals surface area contributed by atoms with E-state index in [1.165, 1.54) is 20.8 Å². The first kappa shape index (κ1) is 97.0. The molecule has 700 valence electrons. The number of azide groups is 1. The summed E-state index contributed by atoms with van der Waals surface area (Å²) in [6, 6.07) is 32.5. The van der Waals surface area contributed by atoms with Gasteiger partial charge in [0.2, 0.25) is 41.5 Å². The molecule has 4 aromatic carbocycles. The molecule has 4 aromatic rings. The van der Waals surface area contributed by atoms with E-state index in [4.69, 9.17) is 62.4 Å². The minimum Gasteiger partial charge on any atom is -0.481 e. The molecule has 41 nitrogen and oxygen atoms in total. The maximum absolute atomic E-state index is 13.0. The van der Waals surface area contributed by atoms with Gasteiger partial charge in [0.25, 0.3) is 0 Å². The number of isocyanates is 1. The van der Waals surface area contributed by atoms with Gasteiger partial charge in [-0.15, -0.1) is 0 Å². The molecular formula is C89H111N13O28. The number of carbonyl (C=O) groups is 13. The molecule has 16 rings (SSSR count). The van der Waals surface area contributed by atoms with Crippen LogP contribution in [0.15, 0.2) is 131 Å². The number of likely N-dealkylation sites (tertiary alicyclic amines) is 4. The Labute approximate surface area is 749 Å². The van der Waals surface area contributed by atoms with E-state index < -0.39 is 125 Å². The second-order valence-electron chi connectivity index (χ2n) is 33.2. The molecule has 8 heterocycles. The van der Waals surface area contributed by atoms with Crippen LogP contribution in [0.5, 0.6) is 0 Å². The largest absolute Gasteiger partial charge is 0.481 e. The molecule has 0 aromatic heterocycles. The molecule has 4 aliphatic carbocycles. The topological polar surface area (TPSA) is 513 Å². The number of nitrogens with zero attached hydrogens (tertiary/aromatic N) is 8. The number of hydrogen-bond donors (Lipinski definition) is 6. The third kappa shape index (κ3) is 26.2. The third-order valence-corrected chi connectivity index (χ3v) is 24.7. The Kier molecular flexibility index (Phi) is 34.3. The van der Waals surface area contributed by atoms with Crippen LogP contribution in [0.25, 0.3) is 10.4 Å². The highest BCUT2D eigenvalue weighted by Crippen LogP contribution is 2.46. The lowest BCUT2D eigenvalue weighted by molar-refractivity contribution is -0.202. The van der Waals surface area contributed by atoms with Crippen LogP contribution in [-0.4, -0.2) is 271 Å². The Bertz CT molecular complexity index is 4570. The molecule has 6 N–H and O–H groups in total. The highest BCUT2D eigenvalue weighted by molar-refractivity contribution is 5.91. The molecule has 0 bridgehead atoms. The number of benzene rings is 4. The fourth-order valence-electron chi connectivity index (χ4n) is 18.8. The van der Waals surface area contributed by atoms with E-state index in [0.29, 0.717) is 169 Å². The lowest BCUT2D eigenvalue weighted by Crippen LogP contribution is -2.59. The lowest BCUT2D eigenvalue weighted by Gasteiger charge is -2.44. The second-order valence-corrected chi connectivity index (χ2v) is 33.2. The summed E-state index contributed by atoms with van der Waals surface area (Å²) in [6.45, 7) is 9.98. The summed E-state index contributed by atoms with van der Waals surface area (Å²) in [6.07, 6.45) is 6.75. The number of rotatable bonds is 20. The van der Waals surface area contributed by atoms with E-state index in [9.17, 15) is 72.2 Å². The Morgan fingerprint density at radius 3 is 1.02 bits per heavy atom. The molecule has 4 spiro atoms. The predicted molar refractivity (Wildman–Crippen MR) is 449 cm³/mol. The number of alkyl carbamates (subject to hydrolysis) is 4. The van der Waals surface area contributed by atoms with Gasteiger partial charge in [-0.3, -0.25) is 43.2 Å². The van der Waals surface area contributed by atoms with Gasteiger partial charge in [-0.2, -0.15) is 0 Å². The summed E-state index contributed by atoms with van der Waals surface area (Å²) >= 11 is 0. The molecule has 12 atom stereocenters. The number of carbonyl (C=O) groups excluding carboxylic acids is 13. The quantitative estimate of drug-likeness (QED) is 0.00783. The van der Waals surface area contributed by atoms with Crippen LogP contribution in [0.1, 0.15) is 146 Å². The number of nitrogens with one attached hydrogen (secondary N) is 5. The monoisotopic (exact) mass is 1810 g/mol. The highest BCUT2D eigenvalue weighted by Gasteiger charge is 2.56. The zero-order chi connectivity index (χ0) is 92.4. The smallest absolute Gasteiger partial charge is 0.408 e. The molecule has 8 aliphatic heterocycles. The maximum atomic E-state index is 13.0. The van der Waals surface area contributed by atoms with E-state index >= 15 is 0 Å². The van der Waals surface area contributed by atoms with Crippen molar-refractivity contribution in [1.29, 1.82) is 0 Å². The Morgan fingerprint density at radius 2 is 0.708 bits per heavy atom. The van der Waals surface area contributed by atoms with Crippen molar-refractivity contribution < 1.29 is 134 Å². The number of esters is 2. The summed E-state index contributed by atoms with van der Waals surface area (Å²) in [5, 5.41) is 26.6. The number of amides is 10. The molecular weight excluding hydrogens is 1700 g/mol. The van der Waals surface area contributed by atoms with E-state index in [2.05, 4.69) is 46.3 Å². The first-order chi connectivity index (χ1) is 62.7. The third-order valence-electron chi connectivity index (χ3n) is 24.7. The normalized spacial score (nSPS) is 26.3. The van der Waals surface area contributed by atoms with Gasteiger partial charge in [-0.05, 0) is 84.3 Å². The van der Waals surface area contributed by atoms with E-state index in [0.717, 1.165) is 22.3 Å². The summed E-state index contributed by atoms with van der Waals surface area (Å²) in [5.41, 5.74) is 12.2. The van der Waals surface area contributed by atoms with Crippen molar-refractivity contribution in [3.05, 3.63) is 154 Å². The number of carboxylic acids is 1. The van der Waals surface area contributed by atoms with Gasteiger partial charge in [-0.1, -0.05) is 121 Å². The minimum absolute atomic E-state index is 0.102. The molecule has 12 aliphatic rings. The van der Waals surface area contributed by atoms with Crippen molar-refractivity contribution in [3.8, 4) is 0 Å². The van der Waals surface area contributed by atoms with Crippen LogP contribution in [-0.2, 0) is 136 Å². The SMILES string of the molecule is CC(=O)N[C@@H]1CC2(CC[C@@H]1N1CC[C@H](NC(=O)OCc3ccccc3)C1=O)OCCO2.CC(=O)OC(C)=O.O=C(N[C@H]1CCN([C@H]2CCC3(C[C@H]2C(=O)O)OCCO3)C1=O)OCc1ccccc1.O=C=N[C@@H]1CC2(CC[C@@H]1N1CC[C@H](NC(=O)OCc3ccccc3)C1=O)OCCO2.[N-]=[N+]=NC(=O)[C@@H]1CC2(CC[C@@H]1N1CC[C@H](NC(=O)OCc3ccccc3)C1=O)OCCO2. The van der Waals surface area contributed by atoms with Crippen LogP contribution in [0.4, 0.5) is 19.2 Å². The summed E-state index contributed by atoms with van der Waals surface area (Å²) in [7, 11) is 0. The lowest BCUT2D eigenvalue weighted by atomic mass is 9.79. The second kappa shape index (κ2) is 46.0. The van der Waals surface area contributed by atoms with Gasteiger partial charge in [-0.25, -0.2) is 29.0 Å². The number of ether oxygens (including phenoxy) is 13. The molecule has 4 saturated carbocycles. The zero-order valence-electron chi connectivity index (χ0n) is 72.7. The number of hydrogen-bond acceptors (Lipinski definition) is 28. The average Bonchev–Trinajstić information content (AvgIpc) is 1.60. The van der Waals surface area contributed by atoms with Gasteiger partial charge in [0.05, 0.1) is 82.9 Å². The summed E-state index contributed by atoms with van der Waals surface area (Å²) in [5.74, 6) is -8.40. The van der Waals surface area contributed by atoms with Crippen LogP contribution in [0.3, 0.4) is 0 Å². The highest BCUT2D eigenvalue weighted by atomic mass is 16.8. The molecule has 8 saturated heterocycles. The van der Waals surface area contributed by atoms with E-state index in [1.54, 1.807) is 25.7 Å². The van der Waals surface area contributed by atoms with Crippen LogP contribution < -0.4 is 26.6 Å². The zero-order valence-corrected chi connectivity index (χ0v) is 72.7. The Hall–Kier alpha value is -12.0. The van der Waals surface area contributed by atoms with Gasteiger partial charge >= 0.3 is 42.3 Å². The van der Waals surface area contributed by atoms with Crippen LogP contribution >= 0.6 is 0 Å². The molecule has 130 heavy (non-hydrogen) atoms. The van der Waals surface area contributed by atoms with Crippen molar-refractivity contribution in [2.45, 2.75) is 233 Å². The number of aliphatic carboxylic acids is 1. The van der Waals surface area contributed by atoms with Gasteiger partial charge in [0, 0.05) is 121 Å². The number of aliphatic imine (C=N–C) groups is 1. The van der Waals surface area contributed by atoms with Crippen LogP contribution in [0.2, 0.25) is 0 Å². The van der Waals surface area contributed by atoms with Gasteiger partial charge < -0.3 is 113 Å².